The number of hydrogen-bond donors (Lipinski definition) is 0. The molecule has 0 bridgehead atoms. The molecule has 2 aromatic carbocycles. The summed E-state index contributed by atoms with van der Waals surface area (Å²) < 4.78 is 18.3. The average molecular weight is 298 g/mol. The zero-order chi connectivity index (χ0) is 15.2. The molecule has 0 spiro atoms. The van der Waals surface area contributed by atoms with Crippen LogP contribution in [0.2, 0.25) is 0 Å². The Hall–Kier alpha value is -2.76. The molecule has 0 aliphatic heterocycles. The molecule has 3 aromatic rings. The highest BCUT2D eigenvalue weighted by atomic mass is 19.1. The number of aryl methyl sites for hydroxylation is 1. The van der Waals surface area contributed by atoms with Crippen LogP contribution in [0.5, 0.6) is 5.75 Å². The quantitative estimate of drug-likeness (QED) is 0.657. The molecule has 3 rings (SSSR count). The number of halogens is 1. The van der Waals surface area contributed by atoms with Crippen LogP contribution in [0.4, 0.5) is 4.39 Å². The predicted octanol–water partition coefficient (Wildman–Crippen LogP) is 2.95. The monoisotopic (exact) mass is 298 g/mol. The van der Waals surface area contributed by atoms with E-state index >= 15 is 0 Å². The Bertz CT molecular complexity index is 713. The van der Waals surface area contributed by atoms with Gasteiger partial charge in [0.05, 0.1) is 13.2 Å². The van der Waals surface area contributed by atoms with Crippen molar-refractivity contribution < 1.29 is 9.13 Å². The predicted molar refractivity (Wildman–Crippen MR) is 79.8 cm³/mol. The van der Waals surface area contributed by atoms with Crippen molar-refractivity contribution in [2.45, 2.75) is 13.0 Å². The van der Waals surface area contributed by atoms with E-state index in [0.717, 1.165) is 12.0 Å². The molecular formula is C16H15FN4O. The molecule has 1 heterocycles. The summed E-state index contributed by atoms with van der Waals surface area (Å²) in [5.74, 6) is 0.991. The number of aromatic nitrogens is 4. The van der Waals surface area contributed by atoms with Crippen molar-refractivity contribution >= 4 is 0 Å². The molecule has 112 valence electrons. The highest BCUT2D eigenvalue weighted by molar-refractivity contribution is 5.52. The van der Waals surface area contributed by atoms with Gasteiger partial charge in [-0.2, -0.15) is 4.80 Å². The first kappa shape index (κ1) is 14.2. The zero-order valence-corrected chi connectivity index (χ0v) is 11.9. The van der Waals surface area contributed by atoms with Gasteiger partial charge in [0.2, 0.25) is 5.82 Å². The van der Waals surface area contributed by atoms with E-state index in [1.165, 1.54) is 12.1 Å². The Kier molecular flexibility index (Phi) is 4.38. The summed E-state index contributed by atoms with van der Waals surface area (Å²) in [6.45, 7) is 1.12. The third-order valence-corrected chi connectivity index (χ3v) is 3.07. The van der Waals surface area contributed by atoms with Crippen molar-refractivity contribution in [3.05, 3.63) is 60.4 Å². The fraction of sp³-hybridized carbons (Fsp3) is 0.188. The summed E-state index contributed by atoms with van der Waals surface area (Å²) in [6.07, 6.45) is 0.738. The maximum absolute atomic E-state index is 12.8. The van der Waals surface area contributed by atoms with Crippen molar-refractivity contribution in [2.24, 2.45) is 0 Å². The molecule has 0 unspecified atom stereocenters. The summed E-state index contributed by atoms with van der Waals surface area (Å²) in [4.78, 5) is 1.55. The van der Waals surface area contributed by atoms with Crippen LogP contribution in [-0.2, 0) is 6.54 Å². The van der Waals surface area contributed by atoms with Crippen LogP contribution in [0.15, 0.2) is 54.6 Å². The molecule has 5 nitrogen and oxygen atoms in total. The second-order valence-electron chi connectivity index (χ2n) is 4.73. The third kappa shape index (κ3) is 3.66. The standard InChI is InChI=1S/C16H15FN4O/c17-14-7-9-15(10-8-14)22-12-4-11-21-19-16(18-20-21)13-5-2-1-3-6-13/h1-3,5-10H,4,11-12H2. The number of benzene rings is 2. The Labute approximate surface area is 127 Å². The second kappa shape index (κ2) is 6.80. The lowest BCUT2D eigenvalue weighted by Gasteiger charge is -2.05. The van der Waals surface area contributed by atoms with Crippen LogP contribution in [0.3, 0.4) is 0 Å². The Morgan fingerprint density at radius 3 is 2.55 bits per heavy atom. The topological polar surface area (TPSA) is 52.8 Å². The van der Waals surface area contributed by atoms with E-state index in [4.69, 9.17) is 4.74 Å². The molecule has 6 heteroatoms. The van der Waals surface area contributed by atoms with Gasteiger partial charge in [-0.3, -0.25) is 0 Å². The Morgan fingerprint density at radius 1 is 1.00 bits per heavy atom. The largest absolute Gasteiger partial charge is 0.494 e. The molecule has 0 N–H and O–H groups in total. The van der Waals surface area contributed by atoms with Crippen molar-refractivity contribution in [3.8, 4) is 17.1 Å². The molecule has 0 aliphatic carbocycles. The smallest absolute Gasteiger partial charge is 0.204 e. The maximum atomic E-state index is 12.8. The first-order chi connectivity index (χ1) is 10.8. The molecule has 0 saturated carbocycles. The Morgan fingerprint density at radius 2 is 1.77 bits per heavy atom. The van der Waals surface area contributed by atoms with Crippen molar-refractivity contribution in [1.82, 2.24) is 20.2 Å². The minimum atomic E-state index is -0.271. The fourth-order valence-corrected chi connectivity index (χ4v) is 1.97. The second-order valence-corrected chi connectivity index (χ2v) is 4.73. The van der Waals surface area contributed by atoms with Gasteiger partial charge < -0.3 is 4.74 Å². The average Bonchev–Trinajstić information content (AvgIpc) is 3.03. The van der Waals surface area contributed by atoms with Crippen LogP contribution in [-0.4, -0.2) is 26.8 Å². The van der Waals surface area contributed by atoms with E-state index in [0.29, 0.717) is 24.7 Å². The summed E-state index contributed by atoms with van der Waals surface area (Å²) in [6, 6.07) is 15.7. The molecule has 0 atom stereocenters. The molecule has 0 fully saturated rings. The minimum absolute atomic E-state index is 0.271. The van der Waals surface area contributed by atoms with Gasteiger partial charge in [-0.15, -0.1) is 10.2 Å². The van der Waals surface area contributed by atoms with Gasteiger partial charge in [0.15, 0.2) is 0 Å². The number of ether oxygens (including phenoxy) is 1. The number of tetrazole rings is 1. The van der Waals surface area contributed by atoms with Crippen LogP contribution in [0.1, 0.15) is 6.42 Å². The highest BCUT2D eigenvalue weighted by Gasteiger charge is 2.04. The van der Waals surface area contributed by atoms with Crippen molar-refractivity contribution in [2.75, 3.05) is 6.61 Å². The minimum Gasteiger partial charge on any atom is -0.494 e. The zero-order valence-electron chi connectivity index (χ0n) is 11.9. The summed E-state index contributed by atoms with van der Waals surface area (Å²) in [7, 11) is 0. The van der Waals surface area contributed by atoms with Gasteiger partial charge in [-0.1, -0.05) is 30.3 Å². The van der Waals surface area contributed by atoms with Crippen LogP contribution >= 0.6 is 0 Å². The molecular weight excluding hydrogens is 283 g/mol. The van der Waals surface area contributed by atoms with Crippen molar-refractivity contribution in [1.29, 1.82) is 0 Å². The molecule has 22 heavy (non-hydrogen) atoms. The SMILES string of the molecule is Fc1ccc(OCCCn2nnc(-c3ccccc3)n2)cc1. The van der Waals surface area contributed by atoms with Crippen LogP contribution in [0, 0.1) is 5.82 Å². The van der Waals surface area contributed by atoms with E-state index in [9.17, 15) is 4.39 Å². The fourth-order valence-electron chi connectivity index (χ4n) is 1.97. The van der Waals surface area contributed by atoms with Gasteiger partial charge in [-0.05, 0) is 29.5 Å². The van der Waals surface area contributed by atoms with E-state index < -0.39 is 0 Å². The van der Waals surface area contributed by atoms with Crippen LogP contribution < -0.4 is 4.74 Å². The van der Waals surface area contributed by atoms with Gasteiger partial charge in [0, 0.05) is 12.0 Å². The number of nitrogens with zero attached hydrogens (tertiary/aromatic N) is 4. The van der Waals surface area contributed by atoms with Crippen molar-refractivity contribution in [3.63, 3.8) is 0 Å². The van der Waals surface area contributed by atoms with E-state index in [-0.39, 0.29) is 5.82 Å². The van der Waals surface area contributed by atoms with Crippen LogP contribution in [0.25, 0.3) is 11.4 Å². The van der Waals surface area contributed by atoms with Gasteiger partial charge in [0.25, 0.3) is 0 Å². The molecule has 1 aromatic heterocycles. The normalized spacial score (nSPS) is 10.6. The molecule has 0 amide bonds. The summed E-state index contributed by atoms with van der Waals surface area (Å²) in [5, 5.41) is 12.4. The van der Waals surface area contributed by atoms with E-state index in [1.54, 1.807) is 16.9 Å². The molecule has 0 radical (unpaired) electrons. The summed E-state index contributed by atoms with van der Waals surface area (Å²) >= 11 is 0. The summed E-state index contributed by atoms with van der Waals surface area (Å²) in [5.41, 5.74) is 0.941. The number of rotatable bonds is 6. The first-order valence-corrected chi connectivity index (χ1v) is 7.03. The number of hydrogen-bond acceptors (Lipinski definition) is 4. The third-order valence-electron chi connectivity index (χ3n) is 3.07. The van der Waals surface area contributed by atoms with E-state index in [2.05, 4.69) is 15.4 Å². The van der Waals surface area contributed by atoms with Gasteiger partial charge in [0.1, 0.15) is 11.6 Å². The molecule has 0 saturated heterocycles. The first-order valence-electron chi connectivity index (χ1n) is 7.03. The van der Waals surface area contributed by atoms with Gasteiger partial charge >= 0.3 is 0 Å². The van der Waals surface area contributed by atoms with E-state index in [1.807, 2.05) is 30.3 Å². The lowest BCUT2D eigenvalue weighted by molar-refractivity contribution is 0.293. The highest BCUT2D eigenvalue weighted by Crippen LogP contribution is 2.13. The Balaban J connectivity index is 1.48. The van der Waals surface area contributed by atoms with Gasteiger partial charge in [-0.25, -0.2) is 4.39 Å². The maximum Gasteiger partial charge on any atom is 0.204 e. The molecule has 0 aliphatic rings. The lowest BCUT2D eigenvalue weighted by Crippen LogP contribution is -2.07. The lowest BCUT2D eigenvalue weighted by atomic mass is 10.2.